The molecular formula is C17H14ClFO. The zero-order valence-corrected chi connectivity index (χ0v) is 11.6. The number of aldehydes is 1. The van der Waals surface area contributed by atoms with E-state index in [2.05, 4.69) is 0 Å². The van der Waals surface area contributed by atoms with Gasteiger partial charge in [0.15, 0.2) is 0 Å². The highest BCUT2D eigenvalue weighted by Crippen LogP contribution is 2.22. The molecular weight excluding hydrogens is 275 g/mol. The van der Waals surface area contributed by atoms with Crippen LogP contribution in [0, 0.1) is 5.82 Å². The van der Waals surface area contributed by atoms with Gasteiger partial charge >= 0.3 is 0 Å². The summed E-state index contributed by atoms with van der Waals surface area (Å²) < 4.78 is 13.7. The number of carbonyl (C=O) groups is 1. The molecule has 1 nitrogen and oxygen atoms in total. The summed E-state index contributed by atoms with van der Waals surface area (Å²) in [6, 6.07) is 14.3. The minimum atomic E-state index is -0.309. The zero-order chi connectivity index (χ0) is 14.4. The number of allylic oxidation sites excluding steroid dienone is 2. The van der Waals surface area contributed by atoms with Crippen LogP contribution in [0.4, 0.5) is 4.39 Å². The van der Waals surface area contributed by atoms with Gasteiger partial charge in [-0.2, -0.15) is 0 Å². The van der Waals surface area contributed by atoms with E-state index in [0.29, 0.717) is 23.4 Å². The standard InChI is InChI=1S/C17H14ClFO/c18-16-9-8-15(17(19)12-16)7-6-14(10-11-20)13-4-2-1-3-5-13/h1-5,8-12H,6-7H2/b14-10+. The summed E-state index contributed by atoms with van der Waals surface area (Å²) in [5.74, 6) is -0.309. The van der Waals surface area contributed by atoms with Crippen molar-refractivity contribution in [1.82, 2.24) is 0 Å². The summed E-state index contributed by atoms with van der Waals surface area (Å²) in [5, 5.41) is 0.387. The van der Waals surface area contributed by atoms with Gasteiger partial charge in [0.1, 0.15) is 12.1 Å². The van der Waals surface area contributed by atoms with E-state index >= 15 is 0 Å². The molecule has 102 valence electrons. The lowest BCUT2D eigenvalue weighted by Gasteiger charge is -2.08. The molecule has 2 aromatic carbocycles. The van der Waals surface area contributed by atoms with Gasteiger partial charge in [0.05, 0.1) is 0 Å². The SMILES string of the molecule is O=C/C=C(\CCc1ccc(Cl)cc1F)c1ccccc1. The van der Waals surface area contributed by atoms with Gasteiger partial charge in [0.2, 0.25) is 0 Å². The fourth-order valence-electron chi connectivity index (χ4n) is 2.05. The summed E-state index contributed by atoms with van der Waals surface area (Å²) in [4.78, 5) is 10.7. The molecule has 0 radical (unpaired) electrons. The van der Waals surface area contributed by atoms with Crippen LogP contribution in [0.25, 0.3) is 5.57 Å². The molecule has 2 rings (SSSR count). The van der Waals surface area contributed by atoms with Crippen molar-refractivity contribution in [2.45, 2.75) is 12.8 Å². The molecule has 3 heteroatoms. The summed E-state index contributed by atoms with van der Waals surface area (Å²) >= 11 is 5.73. The third kappa shape index (κ3) is 3.78. The molecule has 0 bridgehead atoms. The quantitative estimate of drug-likeness (QED) is 0.576. The van der Waals surface area contributed by atoms with Crippen LogP contribution in [0.2, 0.25) is 5.02 Å². The van der Waals surface area contributed by atoms with Crippen LogP contribution in [-0.2, 0) is 11.2 Å². The Bertz CT molecular complexity index is 620. The van der Waals surface area contributed by atoms with E-state index in [0.717, 1.165) is 17.4 Å². The first-order valence-electron chi connectivity index (χ1n) is 6.34. The molecule has 0 saturated carbocycles. The second kappa shape index (κ2) is 7.01. The molecule has 0 aliphatic heterocycles. The van der Waals surface area contributed by atoms with Crippen LogP contribution in [0.15, 0.2) is 54.6 Å². The molecule has 0 N–H and O–H groups in total. The molecule has 0 atom stereocenters. The lowest BCUT2D eigenvalue weighted by molar-refractivity contribution is -0.104. The fraction of sp³-hybridized carbons (Fsp3) is 0.118. The fourth-order valence-corrected chi connectivity index (χ4v) is 2.21. The van der Waals surface area contributed by atoms with Gasteiger partial charge in [-0.05, 0) is 47.8 Å². The van der Waals surface area contributed by atoms with Crippen LogP contribution in [-0.4, -0.2) is 6.29 Å². The monoisotopic (exact) mass is 288 g/mol. The van der Waals surface area contributed by atoms with Gasteiger partial charge < -0.3 is 0 Å². The zero-order valence-electron chi connectivity index (χ0n) is 10.9. The smallest absolute Gasteiger partial charge is 0.143 e. The Morgan fingerprint density at radius 1 is 1.15 bits per heavy atom. The maximum Gasteiger partial charge on any atom is 0.143 e. The third-order valence-electron chi connectivity index (χ3n) is 3.09. The van der Waals surface area contributed by atoms with Crippen molar-refractivity contribution in [3.05, 3.63) is 76.6 Å². The van der Waals surface area contributed by atoms with Crippen molar-refractivity contribution in [1.29, 1.82) is 0 Å². The molecule has 20 heavy (non-hydrogen) atoms. The largest absolute Gasteiger partial charge is 0.299 e. The van der Waals surface area contributed by atoms with Crippen molar-refractivity contribution in [3.8, 4) is 0 Å². The average Bonchev–Trinajstić information content (AvgIpc) is 2.46. The first kappa shape index (κ1) is 14.5. The van der Waals surface area contributed by atoms with E-state index in [-0.39, 0.29) is 5.82 Å². The van der Waals surface area contributed by atoms with E-state index in [4.69, 9.17) is 11.6 Å². The number of benzene rings is 2. The predicted molar refractivity (Wildman–Crippen MR) is 80.2 cm³/mol. The number of hydrogen-bond donors (Lipinski definition) is 0. The van der Waals surface area contributed by atoms with Crippen LogP contribution in [0.5, 0.6) is 0 Å². The highest BCUT2D eigenvalue weighted by molar-refractivity contribution is 6.30. The lowest BCUT2D eigenvalue weighted by Crippen LogP contribution is -1.94. The van der Waals surface area contributed by atoms with Crippen LogP contribution in [0.3, 0.4) is 0 Å². The molecule has 0 amide bonds. The molecule has 0 aromatic heterocycles. The molecule has 0 fully saturated rings. The van der Waals surface area contributed by atoms with Gasteiger partial charge in [-0.15, -0.1) is 0 Å². The van der Waals surface area contributed by atoms with Crippen molar-refractivity contribution in [2.75, 3.05) is 0 Å². The van der Waals surface area contributed by atoms with Crippen LogP contribution >= 0.6 is 11.6 Å². The number of carbonyl (C=O) groups excluding carboxylic acids is 1. The number of halogens is 2. The van der Waals surface area contributed by atoms with Crippen molar-refractivity contribution in [2.24, 2.45) is 0 Å². The molecule has 2 aromatic rings. The van der Waals surface area contributed by atoms with E-state index in [1.54, 1.807) is 12.1 Å². The van der Waals surface area contributed by atoms with Gasteiger partial charge in [-0.1, -0.05) is 48.0 Å². The van der Waals surface area contributed by atoms with Gasteiger partial charge in [0, 0.05) is 5.02 Å². The Hall–Kier alpha value is -1.93. The Kier molecular flexibility index (Phi) is 5.08. The Morgan fingerprint density at radius 2 is 1.90 bits per heavy atom. The molecule has 0 saturated heterocycles. The van der Waals surface area contributed by atoms with Gasteiger partial charge in [-0.3, -0.25) is 4.79 Å². The van der Waals surface area contributed by atoms with E-state index in [9.17, 15) is 9.18 Å². The van der Waals surface area contributed by atoms with Crippen LogP contribution in [0.1, 0.15) is 17.5 Å². The number of rotatable bonds is 5. The normalized spacial score (nSPS) is 11.4. The summed E-state index contributed by atoms with van der Waals surface area (Å²) in [5.41, 5.74) is 2.48. The Balaban J connectivity index is 2.14. The molecule has 0 heterocycles. The second-order valence-corrected chi connectivity index (χ2v) is 4.87. The van der Waals surface area contributed by atoms with E-state index in [1.807, 2.05) is 30.3 Å². The van der Waals surface area contributed by atoms with E-state index < -0.39 is 0 Å². The summed E-state index contributed by atoms with van der Waals surface area (Å²) in [7, 11) is 0. The Labute approximate surface area is 122 Å². The number of aryl methyl sites for hydroxylation is 1. The van der Waals surface area contributed by atoms with Gasteiger partial charge in [0.25, 0.3) is 0 Å². The summed E-state index contributed by atoms with van der Waals surface area (Å²) in [6.07, 6.45) is 3.42. The third-order valence-corrected chi connectivity index (χ3v) is 3.33. The minimum absolute atomic E-state index is 0.309. The first-order chi connectivity index (χ1) is 9.70. The lowest BCUT2D eigenvalue weighted by atomic mass is 9.98. The second-order valence-electron chi connectivity index (χ2n) is 4.43. The van der Waals surface area contributed by atoms with Crippen LogP contribution < -0.4 is 0 Å². The molecule has 0 aliphatic rings. The molecule has 0 spiro atoms. The van der Waals surface area contributed by atoms with Crippen molar-refractivity contribution in [3.63, 3.8) is 0 Å². The maximum atomic E-state index is 13.7. The molecule has 0 unspecified atom stereocenters. The molecule has 0 aliphatic carbocycles. The van der Waals surface area contributed by atoms with Crippen molar-refractivity contribution >= 4 is 23.5 Å². The summed E-state index contributed by atoms with van der Waals surface area (Å²) in [6.45, 7) is 0. The topological polar surface area (TPSA) is 17.1 Å². The first-order valence-corrected chi connectivity index (χ1v) is 6.72. The number of hydrogen-bond acceptors (Lipinski definition) is 1. The average molecular weight is 289 g/mol. The Morgan fingerprint density at radius 3 is 2.55 bits per heavy atom. The predicted octanol–water partition coefficient (Wildman–Crippen LogP) is 4.69. The maximum absolute atomic E-state index is 13.7. The van der Waals surface area contributed by atoms with E-state index in [1.165, 1.54) is 12.1 Å². The minimum Gasteiger partial charge on any atom is -0.299 e. The van der Waals surface area contributed by atoms with Crippen molar-refractivity contribution < 1.29 is 9.18 Å². The highest BCUT2D eigenvalue weighted by Gasteiger charge is 2.06. The highest BCUT2D eigenvalue weighted by atomic mass is 35.5. The van der Waals surface area contributed by atoms with Gasteiger partial charge in [-0.25, -0.2) is 4.39 Å².